The maximum absolute atomic E-state index is 13.1. The van der Waals surface area contributed by atoms with Gasteiger partial charge in [0.2, 0.25) is 5.95 Å². The van der Waals surface area contributed by atoms with Crippen molar-refractivity contribution in [2.45, 2.75) is 6.42 Å². The molecule has 2 aromatic heterocycles. The zero-order valence-corrected chi connectivity index (χ0v) is 13.5. The summed E-state index contributed by atoms with van der Waals surface area (Å²) >= 11 is 0. The summed E-state index contributed by atoms with van der Waals surface area (Å²) in [5, 5.41) is 15.1. The van der Waals surface area contributed by atoms with Crippen LogP contribution in [0.4, 0.5) is 21.8 Å². The van der Waals surface area contributed by atoms with E-state index in [0.29, 0.717) is 36.1 Å². The monoisotopic (exact) mass is 339 g/mol. The van der Waals surface area contributed by atoms with Crippen LogP contribution in [-0.2, 0) is 0 Å². The van der Waals surface area contributed by atoms with Gasteiger partial charge in [-0.15, -0.1) is 0 Å². The third-order valence-corrected chi connectivity index (χ3v) is 3.39. The Labute approximate surface area is 144 Å². The molecule has 0 bridgehead atoms. The normalized spacial score (nSPS) is 10.5. The summed E-state index contributed by atoms with van der Waals surface area (Å²) in [4.78, 5) is 13.2. The fourth-order valence-corrected chi connectivity index (χ4v) is 2.20. The van der Waals surface area contributed by atoms with Crippen LogP contribution in [0, 0.1) is 5.82 Å². The molecule has 128 valence electrons. The van der Waals surface area contributed by atoms with E-state index in [1.807, 2.05) is 18.2 Å². The highest BCUT2D eigenvalue weighted by molar-refractivity contribution is 5.65. The molecule has 0 amide bonds. The van der Waals surface area contributed by atoms with Gasteiger partial charge in [-0.2, -0.15) is 4.98 Å². The minimum absolute atomic E-state index is 0.0909. The Morgan fingerprint density at radius 3 is 2.56 bits per heavy atom. The van der Waals surface area contributed by atoms with E-state index in [-0.39, 0.29) is 12.4 Å². The van der Waals surface area contributed by atoms with Gasteiger partial charge in [0.1, 0.15) is 11.6 Å². The zero-order chi connectivity index (χ0) is 17.5. The molecule has 7 heteroatoms. The lowest BCUT2D eigenvalue weighted by Crippen LogP contribution is -2.09. The molecular formula is C18H18FN5O. The number of halogens is 1. The number of aromatic nitrogens is 3. The number of hydrogen-bond donors (Lipinski definition) is 3. The second kappa shape index (κ2) is 8.16. The average molecular weight is 339 g/mol. The van der Waals surface area contributed by atoms with E-state index in [1.54, 1.807) is 24.4 Å². The number of pyridine rings is 1. The van der Waals surface area contributed by atoms with Crippen molar-refractivity contribution in [2.24, 2.45) is 0 Å². The predicted molar refractivity (Wildman–Crippen MR) is 95.1 cm³/mol. The van der Waals surface area contributed by atoms with E-state index in [4.69, 9.17) is 5.11 Å². The molecule has 6 nitrogen and oxygen atoms in total. The van der Waals surface area contributed by atoms with Crippen molar-refractivity contribution in [3.8, 4) is 11.4 Å². The van der Waals surface area contributed by atoms with Gasteiger partial charge in [0.05, 0.1) is 11.4 Å². The summed E-state index contributed by atoms with van der Waals surface area (Å²) in [6.07, 6.45) is 2.29. The fourth-order valence-electron chi connectivity index (χ4n) is 2.20. The summed E-state index contributed by atoms with van der Waals surface area (Å²) in [6, 6.07) is 13.4. The number of benzene rings is 1. The fraction of sp³-hybridized carbons (Fsp3) is 0.167. The maximum atomic E-state index is 13.1. The molecule has 0 spiro atoms. The first-order valence-corrected chi connectivity index (χ1v) is 7.92. The Hall–Kier alpha value is -3.06. The van der Waals surface area contributed by atoms with Crippen LogP contribution in [0.1, 0.15) is 6.42 Å². The number of nitrogens with zero attached hydrogens (tertiary/aromatic N) is 3. The molecule has 0 aliphatic heterocycles. The van der Waals surface area contributed by atoms with Gasteiger partial charge in [0.25, 0.3) is 0 Å². The number of anilines is 3. The number of rotatable bonds is 7. The van der Waals surface area contributed by atoms with Gasteiger partial charge >= 0.3 is 0 Å². The first-order valence-electron chi connectivity index (χ1n) is 7.92. The van der Waals surface area contributed by atoms with E-state index >= 15 is 0 Å². The number of nitrogens with one attached hydrogen (secondary N) is 2. The molecule has 0 saturated carbocycles. The summed E-state index contributed by atoms with van der Waals surface area (Å²) in [7, 11) is 0. The topological polar surface area (TPSA) is 83.0 Å². The quantitative estimate of drug-likeness (QED) is 0.573. The summed E-state index contributed by atoms with van der Waals surface area (Å²) in [6.45, 7) is 0.645. The van der Waals surface area contributed by atoms with Crippen LogP contribution < -0.4 is 10.6 Å². The maximum Gasteiger partial charge on any atom is 0.225 e. The van der Waals surface area contributed by atoms with Crippen molar-refractivity contribution in [3.63, 3.8) is 0 Å². The van der Waals surface area contributed by atoms with Gasteiger partial charge in [-0.25, -0.2) is 9.37 Å². The molecule has 3 rings (SSSR count). The lowest BCUT2D eigenvalue weighted by atomic mass is 10.2. The molecular weight excluding hydrogens is 321 g/mol. The van der Waals surface area contributed by atoms with Crippen molar-refractivity contribution in [2.75, 3.05) is 23.8 Å². The smallest absolute Gasteiger partial charge is 0.225 e. The molecule has 3 aromatic rings. The van der Waals surface area contributed by atoms with E-state index in [9.17, 15) is 4.39 Å². The number of hydrogen-bond acceptors (Lipinski definition) is 6. The van der Waals surface area contributed by atoms with Crippen LogP contribution in [-0.4, -0.2) is 33.2 Å². The van der Waals surface area contributed by atoms with Crippen molar-refractivity contribution in [1.82, 2.24) is 15.0 Å². The van der Waals surface area contributed by atoms with Gasteiger partial charge < -0.3 is 15.7 Å². The second-order valence-corrected chi connectivity index (χ2v) is 5.31. The van der Waals surface area contributed by atoms with Gasteiger partial charge in [0.15, 0.2) is 0 Å². The van der Waals surface area contributed by atoms with Crippen LogP contribution in [0.25, 0.3) is 11.4 Å². The van der Waals surface area contributed by atoms with E-state index in [0.717, 1.165) is 5.69 Å². The molecule has 25 heavy (non-hydrogen) atoms. The van der Waals surface area contributed by atoms with Crippen molar-refractivity contribution in [1.29, 1.82) is 0 Å². The van der Waals surface area contributed by atoms with Crippen molar-refractivity contribution in [3.05, 3.63) is 60.5 Å². The first-order chi connectivity index (χ1) is 12.2. The van der Waals surface area contributed by atoms with Gasteiger partial charge in [-0.3, -0.25) is 4.98 Å². The SMILES string of the molecule is OCCCNc1nc(Nc2ccc(F)cc2)cc(-c2ccccn2)n1. The Bertz CT molecular complexity index is 811. The molecule has 3 N–H and O–H groups in total. The first kappa shape index (κ1) is 16.8. The Morgan fingerprint density at radius 1 is 1.00 bits per heavy atom. The van der Waals surface area contributed by atoms with Crippen LogP contribution in [0.3, 0.4) is 0 Å². The molecule has 0 fully saturated rings. The van der Waals surface area contributed by atoms with E-state index in [2.05, 4.69) is 25.6 Å². The highest BCUT2D eigenvalue weighted by Crippen LogP contribution is 2.22. The Kier molecular flexibility index (Phi) is 5.48. The lowest BCUT2D eigenvalue weighted by molar-refractivity contribution is 0.292. The molecule has 0 unspecified atom stereocenters. The highest BCUT2D eigenvalue weighted by Gasteiger charge is 2.08. The highest BCUT2D eigenvalue weighted by atomic mass is 19.1. The molecule has 0 radical (unpaired) electrons. The van der Waals surface area contributed by atoms with Gasteiger partial charge in [-0.05, 0) is 42.8 Å². The largest absolute Gasteiger partial charge is 0.396 e. The van der Waals surface area contributed by atoms with Crippen molar-refractivity contribution < 1.29 is 9.50 Å². The van der Waals surface area contributed by atoms with Crippen LogP contribution in [0.2, 0.25) is 0 Å². The summed E-state index contributed by atoms with van der Waals surface area (Å²) in [5.74, 6) is 0.698. The molecule has 2 heterocycles. The molecule has 0 aliphatic carbocycles. The molecule has 1 aromatic carbocycles. The van der Waals surface area contributed by atoms with Crippen LogP contribution in [0.5, 0.6) is 0 Å². The van der Waals surface area contributed by atoms with E-state index < -0.39 is 0 Å². The van der Waals surface area contributed by atoms with Gasteiger partial charge in [0, 0.05) is 31.1 Å². The van der Waals surface area contributed by atoms with Crippen LogP contribution >= 0.6 is 0 Å². The van der Waals surface area contributed by atoms with Gasteiger partial charge in [-0.1, -0.05) is 6.07 Å². The molecule has 0 saturated heterocycles. The minimum atomic E-state index is -0.297. The number of aliphatic hydroxyl groups excluding tert-OH is 1. The average Bonchev–Trinajstić information content (AvgIpc) is 2.64. The Balaban J connectivity index is 1.89. The van der Waals surface area contributed by atoms with Crippen LogP contribution in [0.15, 0.2) is 54.7 Å². The van der Waals surface area contributed by atoms with E-state index in [1.165, 1.54) is 12.1 Å². The second-order valence-electron chi connectivity index (χ2n) is 5.31. The van der Waals surface area contributed by atoms with Crippen molar-refractivity contribution >= 4 is 17.5 Å². The number of aliphatic hydroxyl groups is 1. The molecule has 0 atom stereocenters. The predicted octanol–water partition coefficient (Wildman–Crippen LogP) is 3.22. The third-order valence-electron chi connectivity index (χ3n) is 3.39. The standard InChI is InChI=1S/C18H18FN5O/c19-13-5-7-14(8-6-13)22-17-12-16(15-4-1-2-9-20-15)23-18(24-17)21-10-3-11-25/h1-2,4-9,12,25H,3,10-11H2,(H2,21,22,23,24). The molecule has 0 aliphatic rings. The third kappa shape index (κ3) is 4.71. The summed E-state index contributed by atoms with van der Waals surface area (Å²) < 4.78 is 13.1. The lowest BCUT2D eigenvalue weighted by Gasteiger charge is -2.11. The minimum Gasteiger partial charge on any atom is -0.396 e. The summed E-state index contributed by atoms with van der Waals surface area (Å²) in [5.41, 5.74) is 2.09. The Morgan fingerprint density at radius 2 is 1.84 bits per heavy atom. The zero-order valence-electron chi connectivity index (χ0n) is 13.5.